The van der Waals surface area contributed by atoms with E-state index in [2.05, 4.69) is 56.4 Å². The van der Waals surface area contributed by atoms with E-state index in [1.54, 1.807) is 12.1 Å². The highest BCUT2D eigenvalue weighted by Gasteiger charge is 2.46. The van der Waals surface area contributed by atoms with Gasteiger partial charge in [0.25, 0.3) is 12.2 Å². The summed E-state index contributed by atoms with van der Waals surface area (Å²) >= 11 is 0. The molecule has 0 radical (unpaired) electrons. The van der Waals surface area contributed by atoms with E-state index >= 15 is 0 Å². The van der Waals surface area contributed by atoms with Crippen LogP contribution in [-0.2, 0) is 20.9 Å². The molecule has 0 amide bonds. The van der Waals surface area contributed by atoms with Gasteiger partial charge in [-0.15, -0.1) is 6.58 Å². The fourth-order valence-corrected chi connectivity index (χ4v) is 4.62. The minimum atomic E-state index is -0.482. The molecule has 1 aliphatic rings. The molecule has 168 valence electrons. The topological polar surface area (TPSA) is 86.5 Å². The summed E-state index contributed by atoms with van der Waals surface area (Å²) in [5.74, 6) is 0.359. The smallest absolute Gasteiger partial charge is 0.293 e. The van der Waals surface area contributed by atoms with Gasteiger partial charge in [0, 0.05) is 24.0 Å². The molecule has 3 rings (SSSR count). The van der Waals surface area contributed by atoms with Gasteiger partial charge in [0.2, 0.25) is 0 Å². The number of fused-ring (bicyclic) bond motifs is 1. The molecule has 2 aromatic carbocycles. The van der Waals surface area contributed by atoms with Crippen molar-refractivity contribution in [3.63, 3.8) is 0 Å². The second kappa shape index (κ2) is 11.2. The first-order valence-electron chi connectivity index (χ1n) is 10.5. The van der Waals surface area contributed by atoms with Gasteiger partial charge in [-0.25, -0.2) is 0 Å². The van der Waals surface area contributed by atoms with E-state index in [0.29, 0.717) is 18.8 Å². The van der Waals surface area contributed by atoms with Crippen LogP contribution in [0, 0.1) is 22.5 Å². The van der Waals surface area contributed by atoms with E-state index < -0.39 is 4.92 Å². The average molecular weight is 436 g/mol. The van der Waals surface area contributed by atoms with Gasteiger partial charge in [-0.05, 0) is 66.1 Å². The molecule has 6 nitrogen and oxygen atoms in total. The van der Waals surface area contributed by atoms with E-state index in [9.17, 15) is 19.7 Å². The Kier molecular flexibility index (Phi) is 8.64. The molecule has 1 aliphatic carbocycles. The molecular weight excluding hydrogens is 406 g/mol. The van der Waals surface area contributed by atoms with Crippen LogP contribution in [0.5, 0.6) is 0 Å². The van der Waals surface area contributed by atoms with Gasteiger partial charge in [0.1, 0.15) is 12.9 Å². The Morgan fingerprint density at radius 2 is 1.84 bits per heavy atom. The van der Waals surface area contributed by atoms with Crippen LogP contribution in [0.2, 0.25) is 0 Å². The molecule has 0 bridgehead atoms. The molecule has 2 unspecified atom stereocenters. The number of hydrogen-bond donors (Lipinski definition) is 0. The van der Waals surface area contributed by atoms with Crippen molar-refractivity contribution >= 4 is 24.0 Å². The normalized spacial score (nSPS) is 20.0. The molecule has 2 atom stereocenters. The number of benzene rings is 2. The Morgan fingerprint density at radius 3 is 2.38 bits per heavy atom. The first kappa shape index (κ1) is 24.7. The predicted octanol–water partition coefficient (Wildman–Crippen LogP) is 5.93. The van der Waals surface area contributed by atoms with Crippen molar-refractivity contribution in [2.24, 2.45) is 5.41 Å². The molecule has 0 fully saturated rings. The molecule has 0 N–H and O–H groups in total. The number of aryl methyl sites for hydroxylation is 1. The SMILES string of the molecule is C=CCC1(CC=O)/C(=C\C)c2cccc(C)c2C1C.O=COCc1ccc([N+](=O)[O-])cc1. The molecule has 0 spiro atoms. The predicted molar refractivity (Wildman–Crippen MR) is 125 cm³/mol. The number of nitrogens with zero attached hydrogens (tertiary/aromatic N) is 1. The van der Waals surface area contributed by atoms with E-state index in [1.165, 1.54) is 34.4 Å². The van der Waals surface area contributed by atoms with Crippen molar-refractivity contribution in [2.45, 2.75) is 46.1 Å². The summed E-state index contributed by atoms with van der Waals surface area (Å²) < 4.78 is 4.47. The largest absolute Gasteiger partial charge is 0.463 e. The number of rotatable bonds is 8. The Hall–Kier alpha value is -3.54. The van der Waals surface area contributed by atoms with E-state index in [1.807, 2.05) is 6.08 Å². The minimum absolute atomic E-state index is 0.0230. The van der Waals surface area contributed by atoms with Gasteiger partial charge in [0.15, 0.2) is 0 Å². The molecule has 0 saturated carbocycles. The molecule has 0 aromatic heterocycles. The van der Waals surface area contributed by atoms with Crippen LogP contribution in [0.15, 0.2) is 61.2 Å². The summed E-state index contributed by atoms with van der Waals surface area (Å²) in [6, 6.07) is 12.3. The lowest BCUT2D eigenvalue weighted by Gasteiger charge is -2.33. The van der Waals surface area contributed by atoms with Crippen LogP contribution in [-0.4, -0.2) is 17.7 Å². The van der Waals surface area contributed by atoms with Crippen molar-refractivity contribution in [1.82, 2.24) is 0 Å². The Bertz CT molecular complexity index is 997. The molecule has 2 aromatic rings. The lowest BCUT2D eigenvalue weighted by molar-refractivity contribution is -0.384. The maximum Gasteiger partial charge on any atom is 0.293 e. The molecule has 32 heavy (non-hydrogen) atoms. The van der Waals surface area contributed by atoms with Crippen LogP contribution in [0.25, 0.3) is 5.57 Å². The highest BCUT2D eigenvalue weighted by atomic mass is 16.6. The average Bonchev–Trinajstić information content (AvgIpc) is 3.02. The van der Waals surface area contributed by atoms with E-state index in [-0.39, 0.29) is 17.7 Å². The van der Waals surface area contributed by atoms with Crippen LogP contribution in [0.3, 0.4) is 0 Å². The number of ether oxygens (including phenoxy) is 1. The molecule has 0 saturated heterocycles. The third kappa shape index (κ3) is 5.02. The van der Waals surface area contributed by atoms with Crippen molar-refractivity contribution in [3.8, 4) is 0 Å². The molecular formula is C26H29NO5. The quantitative estimate of drug-likeness (QED) is 0.222. The number of nitro benzene ring substituents is 1. The van der Waals surface area contributed by atoms with Gasteiger partial charge < -0.3 is 9.53 Å². The van der Waals surface area contributed by atoms with E-state index in [0.717, 1.165) is 18.3 Å². The van der Waals surface area contributed by atoms with Crippen LogP contribution in [0.1, 0.15) is 54.9 Å². The third-order valence-corrected chi connectivity index (χ3v) is 6.12. The highest BCUT2D eigenvalue weighted by molar-refractivity contribution is 5.82. The Balaban J connectivity index is 0.000000244. The number of non-ortho nitro benzene ring substituents is 1. The van der Waals surface area contributed by atoms with Gasteiger partial charge in [-0.3, -0.25) is 14.9 Å². The summed E-state index contributed by atoms with van der Waals surface area (Å²) in [4.78, 5) is 30.8. The van der Waals surface area contributed by atoms with Crippen molar-refractivity contribution < 1.29 is 19.2 Å². The van der Waals surface area contributed by atoms with Crippen molar-refractivity contribution in [2.75, 3.05) is 0 Å². The zero-order valence-corrected chi connectivity index (χ0v) is 18.7. The fraction of sp³-hybridized carbons (Fsp3) is 0.308. The third-order valence-electron chi connectivity index (χ3n) is 6.12. The second-order valence-electron chi connectivity index (χ2n) is 7.81. The lowest BCUT2D eigenvalue weighted by Crippen LogP contribution is -2.24. The highest BCUT2D eigenvalue weighted by Crippen LogP contribution is 2.59. The first-order chi connectivity index (χ1) is 15.4. The van der Waals surface area contributed by atoms with Gasteiger partial charge >= 0.3 is 0 Å². The maximum absolute atomic E-state index is 11.2. The lowest BCUT2D eigenvalue weighted by atomic mass is 9.69. The number of carbonyl (C=O) groups is 2. The van der Waals surface area contributed by atoms with Crippen LogP contribution >= 0.6 is 0 Å². The Morgan fingerprint density at radius 1 is 1.16 bits per heavy atom. The monoisotopic (exact) mass is 435 g/mol. The van der Waals surface area contributed by atoms with Gasteiger partial charge in [0.05, 0.1) is 4.92 Å². The summed E-state index contributed by atoms with van der Waals surface area (Å²) in [6.45, 7) is 10.8. The van der Waals surface area contributed by atoms with E-state index in [4.69, 9.17) is 0 Å². The number of hydrogen-bond acceptors (Lipinski definition) is 5. The zero-order chi connectivity index (χ0) is 23.7. The molecule has 6 heteroatoms. The summed E-state index contributed by atoms with van der Waals surface area (Å²) in [6.07, 6.45) is 6.60. The number of aldehydes is 1. The van der Waals surface area contributed by atoms with Gasteiger partial charge in [-0.1, -0.05) is 37.3 Å². The molecule has 0 heterocycles. The summed E-state index contributed by atoms with van der Waals surface area (Å²) in [5, 5.41) is 10.2. The van der Waals surface area contributed by atoms with Crippen LogP contribution < -0.4 is 0 Å². The maximum atomic E-state index is 11.2. The fourth-order valence-electron chi connectivity index (χ4n) is 4.62. The standard InChI is InChI=1S/C18H22O.C8H7NO4/c1-5-10-18(11-12-19)14(4)17-13(3)8-7-9-15(17)16(18)6-2;10-6-13-5-7-1-3-8(4-2-7)9(11)12/h5-9,12,14H,1,10-11H2,2-4H3;1-4,6H,5H2/b16-6-;. The van der Waals surface area contributed by atoms with Crippen molar-refractivity contribution in [3.05, 3.63) is 93.6 Å². The Labute approximate surface area is 188 Å². The summed E-state index contributed by atoms with van der Waals surface area (Å²) in [7, 11) is 0. The zero-order valence-electron chi connectivity index (χ0n) is 18.7. The number of nitro groups is 1. The van der Waals surface area contributed by atoms with Crippen LogP contribution in [0.4, 0.5) is 5.69 Å². The minimum Gasteiger partial charge on any atom is -0.463 e. The van der Waals surface area contributed by atoms with Gasteiger partial charge in [-0.2, -0.15) is 0 Å². The number of allylic oxidation sites excluding steroid dienone is 3. The second-order valence-corrected chi connectivity index (χ2v) is 7.81. The van der Waals surface area contributed by atoms with Crippen molar-refractivity contribution in [1.29, 1.82) is 0 Å². The molecule has 0 aliphatic heterocycles. The summed E-state index contributed by atoms with van der Waals surface area (Å²) in [5.41, 5.74) is 5.99. The number of carbonyl (C=O) groups excluding carboxylic acids is 2. The first-order valence-corrected chi connectivity index (χ1v) is 10.5.